The van der Waals surface area contributed by atoms with Gasteiger partial charge in [0.15, 0.2) is 0 Å². The Morgan fingerprint density at radius 1 is 1.06 bits per heavy atom. The highest BCUT2D eigenvalue weighted by Crippen LogP contribution is 2.34. The molecule has 1 saturated carbocycles. The van der Waals surface area contributed by atoms with Crippen LogP contribution in [0.4, 0.5) is 17.5 Å². The third-order valence-corrected chi connectivity index (χ3v) is 6.46. The summed E-state index contributed by atoms with van der Waals surface area (Å²) in [5.41, 5.74) is 2.99. The zero-order valence-corrected chi connectivity index (χ0v) is 20.0. The van der Waals surface area contributed by atoms with Crippen molar-refractivity contribution in [2.75, 3.05) is 31.5 Å². The first-order valence-corrected chi connectivity index (χ1v) is 11.7. The van der Waals surface area contributed by atoms with Crippen molar-refractivity contribution < 1.29 is 19.7 Å². The van der Waals surface area contributed by atoms with Crippen LogP contribution in [0.1, 0.15) is 6.42 Å². The first-order chi connectivity index (χ1) is 17.6. The minimum absolute atomic E-state index is 0.126. The Balaban J connectivity index is 1.53. The highest BCUT2D eigenvalue weighted by atomic mass is 16.5. The quantitative estimate of drug-likeness (QED) is 0.293. The maximum atomic E-state index is 10.6. The van der Waals surface area contributed by atoms with Gasteiger partial charge in [-0.25, -0.2) is 15.0 Å². The number of rotatable bonds is 8. The Morgan fingerprint density at radius 2 is 1.92 bits per heavy atom. The molecule has 0 amide bonds. The number of nitrogens with one attached hydrogen (secondary N) is 2. The predicted octanol–water partition coefficient (Wildman–Crippen LogP) is 3.01. The van der Waals surface area contributed by atoms with Crippen LogP contribution in [-0.2, 0) is 4.74 Å². The Labute approximate surface area is 208 Å². The maximum absolute atomic E-state index is 10.6. The molecule has 1 aliphatic carbocycles. The number of methoxy groups -OCH3 is 2. The molecule has 36 heavy (non-hydrogen) atoms. The molecule has 3 aromatic heterocycles. The Hall–Kier alpha value is -3.86. The van der Waals surface area contributed by atoms with Crippen molar-refractivity contribution in [1.29, 1.82) is 0 Å². The average molecular weight is 489 g/mol. The zero-order valence-electron chi connectivity index (χ0n) is 20.0. The molecule has 4 unspecified atom stereocenters. The Morgan fingerprint density at radius 3 is 2.72 bits per heavy atom. The number of aliphatic hydroxyl groups is 2. The number of hydrogen-bond acceptors (Lipinski definition) is 10. The van der Waals surface area contributed by atoms with Gasteiger partial charge in [-0.1, -0.05) is 24.3 Å². The smallest absolute Gasteiger partial charge is 0.229 e. The van der Waals surface area contributed by atoms with E-state index in [1.54, 1.807) is 38.7 Å². The molecular formula is C26H28N6O4. The van der Waals surface area contributed by atoms with Crippen molar-refractivity contribution in [3.8, 4) is 17.1 Å². The molecule has 1 aliphatic rings. The third-order valence-electron chi connectivity index (χ3n) is 6.46. The fourth-order valence-electron chi connectivity index (χ4n) is 4.59. The molecule has 4 atom stereocenters. The van der Waals surface area contributed by atoms with E-state index in [4.69, 9.17) is 19.4 Å². The first kappa shape index (κ1) is 23.9. The van der Waals surface area contributed by atoms with Crippen LogP contribution in [0.25, 0.3) is 22.2 Å². The van der Waals surface area contributed by atoms with Gasteiger partial charge in [-0.3, -0.25) is 0 Å². The highest BCUT2D eigenvalue weighted by Gasteiger charge is 2.42. The van der Waals surface area contributed by atoms with E-state index in [0.717, 1.165) is 16.6 Å². The minimum Gasteiger partial charge on any atom is -0.481 e. The van der Waals surface area contributed by atoms with E-state index in [2.05, 4.69) is 20.6 Å². The van der Waals surface area contributed by atoms with E-state index in [1.165, 1.54) is 0 Å². The van der Waals surface area contributed by atoms with Gasteiger partial charge in [0, 0.05) is 49.2 Å². The summed E-state index contributed by atoms with van der Waals surface area (Å²) < 4.78 is 10.8. The first-order valence-electron chi connectivity index (χ1n) is 11.7. The number of benzene rings is 1. The van der Waals surface area contributed by atoms with Gasteiger partial charge in [0.2, 0.25) is 11.8 Å². The van der Waals surface area contributed by atoms with Crippen molar-refractivity contribution in [3.05, 3.63) is 60.9 Å². The van der Waals surface area contributed by atoms with Gasteiger partial charge in [-0.15, -0.1) is 0 Å². The second-order valence-corrected chi connectivity index (χ2v) is 8.68. The summed E-state index contributed by atoms with van der Waals surface area (Å²) in [5.74, 6) is 1.07. The summed E-state index contributed by atoms with van der Waals surface area (Å²) in [6.07, 6.45) is 2.57. The van der Waals surface area contributed by atoms with Crippen LogP contribution in [0.5, 0.6) is 5.88 Å². The standard InChI is InChI=1S/C26H28N6O4/c1-35-22-12-17(9-10-27-22)29-26-28-13-18(20-8-7-15-5-3-4-6-19(15)30-20)25(32-26)31-21-11-16(14-33)23(34)24(21)36-2/h3-10,12-13,16,21,23-24,33-34H,11,14H2,1-2H3,(H2,27,28,29,31,32). The third kappa shape index (κ3) is 4.78. The number of para-hydroxylation sites is 1. The Kier molecular flexibility index (Phi) is 6.90. The van der Waals surface area contributed by atoms with Gasteiger partial charge in [0.1, 0.15) is 11.9 Å². The highest BCUT2D eigenvalue weighted by molar-refractivity contribution is 5.83. The van der Waals surface area contributed by atoms with Crippen LogP contribution in [-0.4, -0.2) is 69.2 Å². The van der Waals surface area contributed by atoms with E-state index in [-0.39, 0.29) is 18.6 Å². The number of nitrogens with zero attached hydrogens (tertiary/aromatic N) is 4. The summed E-state index contributed by atoms with van der Waals surface area (Å²) in [6, 6.07) is 15.1. The van der Waals surface area contributed by atoms with E-state index < -0.39 is 12.2 Å². The fraction of sp³-hybridized carbons (Fsp3) is 0.308. The number of fused-ring (bicyclic) bond motifs is 1. The molecule has 10 nitrogen and oxygen atoms in total. The van der Waals surface area contributed by atoms with Crippen LogP contribution in [0.2, 0.25) is 0 Å². The molecule has 0 bridgehead atoms. The average Bonchev–Trinajstić information content (AvgIpc) is 3.22. The zero-order chi connectivity index (χ0) is 25.1. The summed E-state index contributed by atoms with van der Waals surface area (Å²) in [7, 11) is 3.11. The molecule has 3 heterocycles. The van der Waals surface area contributed by atoms with Gasteiger partial charge in [-0.2, -0.15) is 4.98 Å². The van der Waals surface area contributed by atoms with Crippen molar-refractivity contribution in [3.63, 3.8) is 0 Å². The van der Waals surface area contributed by atoms with Gasteiger partial charge in [0.05, 0.1) is 36.0 Å². The topological polar surface area (TPSA) is 135 Å². The molecule has 0 spiro atoms. The van der Waals surface area contributed by atoms with Crippen molar-refractivity contribution >= 4 is 28.4 Å². The van der Waals surface area contributed by atoms with Gasteiger partial charge >= 0.3 is 0 Å². The maximum Gasteiger partial charge on any atom is 0.229 e. The molecule has 0 saturated heterocycles. The van der Waals surface area contributed by atoms with Gasteiger partial charge in [0.25, 0.3) is 0 Å². The van der Waals surface area contributed by atoms with Crippen molar-refractivity contribution in [1.82, 2.24) is 19.9 Å². The largest absolute Gasteiger partial charge is 0.481 e. The lowest BCUT2D eigenvalue weighted by molar-refractivity contribution is -0.0200. The van der Waals surface area contributed by atoms with Crippen molar-refractivity contribution in [2.45, 2.75) is 24.7 Å². The molecule has 0 aliphatic heterocycles. The number of hydrogen-bond donors (Lipinski definition) is 4. The number of aromatic nitrogens is 4. The molecule has 1 fully saturated rings. The second-order valence-electron chi connectivity index (χ2n) is 8.68. The molecule has 4 aromatic rings. The normalized spacial score (nSPS) is 21.4. The molecule has 0 radical (unpaired) electrons. The molecule has 186 valence electrons. The number of pyridine rings is 2. The molecule has 1 aromatic carbocycles. The number of aliphatic hydroxyl groups excluding tert-OH is 2. The van der Waals surface area contributed by atoms with Crippen LogP contribution >= 0.6 is 0 Å². The number of ether oxygens (including phenoxy) is 2. The van der Waals surface area contributed by atoms with Gasteiger partial charge in [-0.05, 0) is 24.6 Å². The fourth-order valence-corrected chi connectivity index (χ4v) is 4.59. The lowest BCUT2D eigenvalue weighted by Gasteiger charge is -2.23. The molecule has 5 rings (SSSR count). The Bertz CT molecular complexity index is 1350. The van der Waals surface area contributed by atoms with Crippen LogP contribution < -0.4 is 15.4 Å². The lowest BCUT2D eigenvalue weighted by Crippen LogP contribution is -2.37. The van der Waals surface area contributed by atoms with Crippen LogP contribution in [0.15, 0.2) is 60.9 Å². The summed E-state index contributed by atoms with van der Waals surface area (Å²) in [6.45, 7) is -0.126. The van der Waals surface area contributed by atoms with E-state index >= 15 is 0 Å². The van der Waals surface area contributed by atoms with E-state index in [0.29, 0.717) is 35.3 Å². The summed E-state index contributed by atoms with van der Waals surface area (Å²) in [5, 5.41) is 28.0. The van der Waals surface area contributed by atoms with Crippen LogP contribution in [0, 0.1) is 5.92 Å². The molecular weight excluding hydrogens is 460 g/mol. The summed E-state index contributed by atoms with van der Waals surface area (Å²) in [4.78, 5) is 18.2. The van der Waals surface area contributed by atoms with Crippen molar-refractivity contribution in [2.24, 2.45) is 5.92 Å². The van der Waals surface area contributed by atoms with E-state index in [9.17, 15) is 10.2 Å². The summed E-state index contributed by atoms with van der Waals surface area (Å²) >= 11 is 0. The second kappa shape index (κ2) is 10.4. The van der Waals surface area contributed by atoms with E-state index in [1.807, 2.05) is 36.4 Å². The van der Waals surface area contributed by atoms with Crippen LogP contribution in [0.3, 0.4) is 0 Å². The SMILES string of the molecule is COc1cc(Nc2ncc(-c3ccc4ccccc4n3)c(NC3CC(CO)C(O)C3OC)n2)ccn1. The number of anilines is 3. The molecule has 4 N–H and O–H groups in total. The monoisotopic (exact) mass is 488 g/mol. The lowest BCUT2D eigenvalue weighted by atomic mass is 10.1. The molecule has 10 heteroatoms. The minimum atomic E-state index is -0.788. The predicted molar refractivity (Wildman–Crippen MR) is 136 cm³/mol. The van der Waals surface area contributed by atoms with Gasteiger partial charge < -0.3 is 30.3 Å².